The van der Waals surface area contributed by atoms with Gasteiger partial charge in [-0.2, -0.15) is 0 Å². The Morgan fingerprint density at radius 2 is 1.74 bits per heavy atom. The van der Waals surface area contributed by atoms with Gasteiger partial charge in [-0.15, -0.1) is 0 Å². The molecule has 0 bridgehead atoms. The van der Waals surface area contributed by atoms with E-state index >= 15 is 0 Å². The number of para-hydroxylation sites is 1. The quantitative estimate of drug-likeness (QED) is 0.277. The van der Waals surface area contributed by atoms with Crippen molar-refractivity contribution in [3.8, 4) is 11.5 Å². The fourth-order valence-corrected chi connectivity index (χ4v) is 5.34. The van der Waals surface area contributed by atoms with Gasteiger partial charge in [0.1, 0.15) is 13.2 Å². The lowest BCUT2D eigenvalue weighted by atomic mass is 10.1. The van der Waals surface area contributed by atoms with Crippen LogP contribution in [0.15, 0.2) is 70.0 Å². The Labute approximate surface area is 234 Å². The molecule has 196 valence electrons. The number of imide groups is 1. The first-order valence-corrected chi connectivity index (χ1v) is 13.6. The van der Waals surface area contributed by atoms with E-state index in [2.05, 4.69) is 21.2 Å². The molecule has 7 nitrogen and oxygen atoms in total. The number of amides is 3. The SMILES string of the molecule is CCOc1cc(/C=C2/SC(=O)N(CC(=O)Nc3c(C)cccc3C)C2=O)cc(Br)c1OCc1ccccc1. The molecule has 0 radical (unpaired) electrons. The van der Waals surface area contributed by atoms with Gasteiger partial charge in [0.25, 0.3) is 11.1 Å². The molecule has 1 aliphatic rings. The third-order valence-electron chi connectivity index (χ3n) is 5.78. The van der Waals surface area contributed by atoms with Crippen LogP contribution in [0, 0.1) is 13.8 Å². The summed E-state index contributed by atoms with van der Waals surface area (Å²) in [4.78, 5) is 39.5. The molecular weight excluding hydrogens is 568 g/mol. The highest BCUT2D eigenvalue weighted by atomic mass is 79.9. The second kappa shape index (κ2) is 12.3. The largest absolute Gasteiger partial charge is 0.490 e. The van der Waals surface area contributed by atoms with Gasteiger partial charge in [-0.05, 0) is 88.9 Å². The Kier molecular flexibility index (Phi) is 8.91. The Morgan fingerprint density at radius 1 is 1.03 bits per heavy atom. The normalized spacial score (nSPS) is 14.2. The van der Waals surface area contributed by atoms with Crippen molar-refractivity contribution in [2.24, 2.45) is 0 Å². The molecule has 9 heteroatoms. The van der Waals surface area contributed by atoms with E-state index in [0.29, 0.717) is 40.4 Å². The number of nitrogens with one attached hydrogen (secondary N) is 1. The minimum absolute atomic E-state index is 0.224. The molecule has 4 rings (SSSR count). The lowest BCUT2D eigenvalue weighted by Gasteiger charge is -2.15. The van der Waals surface area contributed by atoms with Crippen molar-refractivity contribution in [3.05, 3.63) is 92.3 Å². The lowest BCUT2D eigenvalue weighted by Crippen LogP contribution is -2.36. The second-order valence-corrected chi connectivity index (χ2v) is 10.5. The van der Waals surface area contributed by atoms with Crippen molar-refractivity contribution in [2.75, 3.05) is 18.5 Å². The minimum Gasteiger partial charge on any atom is -0.490 e. The summed E-state index contributed by atoms with van der Waals surface area (Å²) < 4.78 is 12.5. The van der Waals surface area contributed by atoms with Gasteiger partial charge in [0.2, 0.25) is 5.91 Å². The summed E-state index contributed by atoms with van der Waals surface area (Å²) >= 11 is 4.35. The maximum Gasteiger partial charge on any atom is 0.294 e. The number of nitrogens with zero attached hydrogens (tertiary/aromatic N) is 1. The second-order valence-electron chi connectivity index (χ2n) is 8.62. The van der Waals surface area contributed by atoms with Crippen molar-refractivity contribution < 1.29 is 23.9 Å². The van der Waals surface area contributed by atoms with Crippen LogP contribution in [0.3, 0.4) is 0 Å². The first-order valence-electron chi connectivity index (χ1n) is 12.0. The maximum atomic E-state index is 13.0. The Morgan fingerprint density at radius 3 is 2.42 bits per heavy atom. The number of halogens is 1. The van der Waals surface area contributed by atoms with Gasteiger partial charge in [-0.1, -0.05) is 48.5 Å². The van der Waals surface area contributed by atoms with Crippen LogP contribution in [-0.2, 0) is 16.2 Å². The summed E-state index contributed by atoms with van der Waals surface area (Å²) in [5.41, 5.74) is 4.15. The van der Waals surface area contributed by atoms with Crippen LogP contribution in [0.5, 0.6) is 11.5 Å². The van der Waals surface area contributed by atoms with E-state index in [1.54, 1.807) is 18.2 Å². The number of rotatable bonds is 9. The van der Waals surface area contributed by atoms with E-state index in [9.17, 15) is 14.4 Å². The smallest absolute Gasteiger partial charge is 0.294 e. The van der Waals surface area contributed by atoms with E-state index < -0.39 is 17.1 Å². The number of benzene rings is 3. The number of carbonyl (C=O) groups is 3. The molecule has 3 aromatic carbocycles. The van der Waals surface area contributed by atoms with Crippen LogP contribution >= 0.6 is 27.7 Å². The van der Waals surface area contributed by atoms with Crippen LogP contribution in [0.4, 0.5) is 10.5 Å². The average molecular weight is 596 g/mol. The molecule has 1 heterocycles. The van der Waals surface area contributed by atoms with Gasteiger partial charge in [0.15, 0.2) is 11.5 Å². The molecule has 3 amide bonds. The first kappa shape index (κ1) is 27.5. The number of anilines is 1. The number of hydrogen-bond donors (Lipinski definition) is 1. The average Bonchev–Trinajstić information content (AvgIpc) is 3.14. The molecule has 1 N–H and O–H groups in total. The minimum atomic E-state index is -0.518. The number of ether oxygens (including phenoxy) is 2. The van der Waals surface area contributed by atoms with E-state index in [1.807, 2.05) is 69.3 Å². The highest BCUT2D eigenvalue weighted by Crippen LogP contribution is 2.39. The topological polar surface area (TPSA) is 84.9 Å². The van der Waals surface area contributed by atoms with Crippen LogP contribution in [0.1, 0.15) is 29.2 Å². The van der Waals surface area contributed by atoms with Crippen molar-refractivity contribution >= 4 is 56.5 Å². The summed E-state index contributed by atoms with van der Waals surface area (Å²) in [5, 5.41) is 2.32. The van der Waals surface area contributed by atoms with E-state index in [-0.39, 0.29) is 11.4 Å². The van der Waals surface area contributed by atoms with E-state index in [4.69, 9.17) is 9.47 Å². The molecular formula is C29H27BrN2O5S. The van der Waals surface area contributed by atoms with Crippen LogP contribution in [0.2, 0.25) is 0 Å². The summed E-state index contributed by atoms with van der Waals surface area (Å²) in [5.74, 6) is 0.0998. The zero-order chi connectivity index (χ0) is 27.2. The molecule has 1 fully saturated rings. The number of carbonyl (C=O) groups excluding carboxylic acids is 3. The predicted octanol–water partition coefficient (Wildman–Crippen LogP) is 6.72. The zero-order valence-corrected chi connectivity index (χ0v) is 23.6. The van der Waals surface area contributed by atoms with Gasteiger partial charge >= 0.3 is 0 Å². The standard InChI is InChI=1S/C29H27BrN2O5S/c1-4-36-23-14-21(13-22(30)27(23)37-17-20-11-6-5-7-12-20)15-24-28(34)32(29(35)38-24)16-25(33)31-26-18(2)9-8-10-19(26)3/h5-15H,4,16-17H2,1-3H3,(H,31,33)/b24-15+. The summed E-state index contributed by atoms with van der Waals surface area (Å²) in [6.07, 6.45) is 1.61. The number of thioether (sulfide) groups is 1. The number of aryl methyl sites for hydroxylation is 2. The van der Waals surface area contributed by atoms with Crippen molar-refractivity contribution in [1.29, 1.82) is 0 Å². The molecule has 0 aliphatic carbocycles. The molecule has 1 aliphatic heterocycles. The van der Waals surface area contributed by atoms with Crippen molar-refractivity contribution in [2.45, 2.75) is 27.4 Å². The fourth-order valence-electron chi connectivity index (χ4n) is 3.93. The summed E-state index contributed by atoms with van der Waals surface area (Å²) in [7, 11) is 0. The Bertz CT molecular complexity index is 1390. The Hall–Kier alpha value is -3.56. The Balaban J connectivity index is 1.50. The van der Waals surface area contributed by atoms with Crippen LogP contribution in [0.25, 0.3) is 6.08 Å². The molecule has 0 saturated carbocycles. The van der Waals surface area contributed by atoms with Crippen molar-refractivity contribution in [1.82, 2.24) is 4.90 Å². The van der Waals surface area contributed by atoms with E-state index in [0.717, 1.165) is 33.4 Å². The van der Waals surface area contributed by atoms with Gasteiger partial charge in [0.05, 0.1) is 16.0 Å². The van der Waals surface area contributed by atoms with Gasteiger partial charge in [0, 0.05) is 5.69 Å². The monoisotopic (exact) mass is 594 g/mol. The third-order valence-corrected chi connectivity index (χ3v) is 7.27. The summed E-state index contributed by atoms with van der Waals surface area (Å²) in [6.45, 7) is 6.06. The zero-order valence-electron chi connectivity index (χ0n) is 21.2. The predicted molar refractivity (Wildman–Crippen MR) is 153 cm³/mol. The molecule has 0 spiro atoms. The maximum absolute atomic E-state index is 13.0. The van der Waals surface area contributed by atoms with Crippen LogP contribution in [-0.4, -0.2) is 35.1 Å². The van der Waals surface area contributed by atoms with E-state index in [1.165, 1.54) is 0 Å². The molecule has 0 unspecified atom stereocenters. The summed E-state index contributed by atoms with van der Waals surface area (Å²) in [6, 6.07) is 19.0. The lowest BCUT2D eigenvalue weighted by molar-refractivity contribution is -0.127. The molecule has 38 heavy (non-hydrogen) atoms. The van der Waals surface area contributed by atoms with Gasteiger partial charge < -0.3 is 14.8 Å². The highest BCUT2D eigenvalue weighted by molar-refractivity contribution is 9.10. The molecule has 0 aromatic heterocycles. The first-order chi connectivity index (χ1) is 18.3. The van der Waals surface area contributed by atoms with Gasteiger partial charge in [-0.3, -0.25) is 19.3 Å². The van der Waals surface area contributed by atoms with Crippen LogP contribution < -0.4 is 14.8 Å². The molecule has 1 saturated heterocycles. The fraction of sp³-hybridized carbons (Fsp3) is 0.207. The van der Waals surface area contributed by atoms with Gasteiger partial charge in [-0.25, -0.2) is 0 Å². The highest BCUT2D eigenvalue weighted by Gasteiger charge is 2.36. The number of hydrogen-bond acceptors (Lipinski definition) is 6. The van der Waals surface area contributed by atoms with Crippen molar-refractivity contribution in [3.63, 3.8) is 0 Å². The molecule has 0 atom stereocenters. The molecule has 3 aromatic rings. The third kappa shape index (κ3) is 6.46.